The van der Waals surface area contributed by atoms with E-state index in [1.807, 2.05) is 6.92 Å². The second-order valence-electron chi connectivity index (χ2n) is 5.46. The molecule has 1 fully saturated rings. The predicted octanol–water partition coefficient (Wildman–Crippen LogP) is -0.751. The minimum atomic E-state index is -4.74. The lowest BCUT2D eigenvalue weighted by atomic mass is 10.1. The van der Waals surface area contributed by atoms with Crippen molar-refractivity contribution in [2.75, 3.05) is 18.1 Å². The molecule has 1 aliphatic rings. The fourth-order valence-electron chi connectivity index (χ4n) is 2.62. The van der Waals surface area contributed by atoms with Crippen molar-refractivity contribution in [3.05, 3.63) is 6.33 Å². The molecule has 0 unspecified atom stereocenters. The molecule has 3 rings (SSSR count). The highest BCUT2D eigenvalue weighted by atomic mass is 32.2. The zero-order valence-electron chi connectivity index (χ0n) is 13.5. The van der Waals surface area contributed by atoms with Gasteiger partial charge in [-0.05, 0) is 5.75 Å². The molecule has 0 aliphatic carbocycles. The van der Waals surface area contributed by atoms with Crippen molar-refractivity contribution in [1.82, 2.24) is 19.5 Å². The van der Waals surface area contributed by atoms with Crippen LogP contribution < -0.4 is 5.73 Å². The molecule has 2 aromatic rings. The third-order valence-corrected chi connectivity index (χ3v) is 5.07. The summed E-state index contributed by atoms with van der Waals surface area (Å²) in [4.78, 5) is 30.0. The molecule has 0 radical (unpaired) electrons. The lowest BCUT2D eigenvalue weighted by molar-refractivity contribution is -0.0541. The molecule has 1 saturated heterocycles. The summed E-state index contributed by atoms with van der Waals surface area (Å²) < 4.78 is 22.3. The summed E-state index contributed by atoms with van der Waals surface area (Å²) in [6.07, 6.45) is -3.84. The average Bonchev–Trinajstić information content (AvgIpc) is 3.05. The Morgan fingerprint density at radius 3 is 2.77 bits per heavy atom. The first-order valence-corrected chi connectivity index (χ1v) is 10.1. The SMILES string of the molecule is CCSc1nc2c(N)ncnc2n1[C@@H]1O[C@H](COP(=O)(O)O)[C@@H](O)[C@H]1O. The molecule has 26 heavy (non-hydrogen) atoms. The van der Waals surface area contributed by atoms with Gasteiger partial charge in [-0.25, -0.2) is 19.5 Å². The Labute approximate surface area is 151 Å². The van der Waals surface area contributed by atoms with Crippen LogP contribution in [0.25, 0.3) is 11.2 Å². The van der Waals surface area contributed by atoms with Crippen molar-refractivity contribution >= 4 is 36.6 Å². The number of fused-ring (bicyclic) bond motifs is 1. The third-order valence-electron chi connectivity index (χ3n) is 3.75. The molecular weight excluding hydrogens is 389 g/mol. The second kappa shape index (κ2) is 7.37. The van der Waals surface area contributed by atoms with Gasteiger partial charge in [0.2, 0.25) is 0 Å². The smallest absolute Gasteiger partial charge is 0.387 e. The van der Waals surface area contributed by atoms with Gasteiger partial charge in [0.25, 0.3) is 0 Å². The number of phosphoric acid groups is 1. The molecule has 1 aliphatic heterocycles. The Morgan fingerprint density at radius 1 is 1.38 bits per heavy atom. The van der Waals surface area contributed by atoms with Gasteiger partial charge in [-0.15, -0.1) is 0 Å². The summed E-state index contributed by atoms with van der Waals surface area (Å²) >= 11 is 1.35. The molecule has 0 saturated carbocycles. The lowest BCUT2D eigenvalue weighted by Gasteiger charge is -2.19. The highest BCUT2D eigenvalue weighted by molar-refractivity contribution is 7.99. The number of hydrogen-bond donors (Lipinski definition) is 5. The number of thioether (sulfide) groups is 1. The quantitative estimate of drug-likeness (QED) is 0.298. The number of nitrogens with two attached hydrogens (primary N) is 1. The maximum atomic E-state index is 10.9. The highest BCUT2D eigenvalue weighted by Crippen LogP contribution is 2.40. The molecule has 14 heteroatoms. The average molecular weight is 407 g/mol. The summed E-state index contributed by atoms with van der Waals surface area (Å²) in [6, 6.07) is 0. The van der Waals surface area contributed by atoms with Crippen molar-refractivity contribution in [3.63, 3.8) is 0 Å². The Hall–Kier alpha value is -1.31. The van der Waals surface area contributed by atoms with Gasteiger partial charge < -0.3 is 30.5 Å². The number of aliphatic hydroxyl groups excluding tert-OH is 2. The van der Waals surface area contributed by atoms with Crippen LogP contribution >= 0.6 is 19.6 Å². The van der Waals surface area contributed by atoms with Gasteiger partial charge in [0.15, 0.2) is 28.4 Å². The predicted molar refractivity (Wildman–Crippen MR) is 90.1 cm³/mol. The third kappa shape index (κ3) is 3.70. The lowest BCUT2D eigenvalue weighted by Crippen LogP contribution is -2.33. The highest BCUT2D eigenvalue weighted by Gasteiger charge is 2.46. The normalized spacial score (nSPS) is 26.7. The van der Waals surface area contributed by atoms with E-state index in [0.29, 0.717) is 22.1 Å². The van der Waals surface area contributed by atoms with Gasteiger partial charge in [0, 0.05) is 0 Å². The summed E-state index contributed by atoms with van der Waals surface area (Å²) in [5, 5.41) is 21.0. The molecular formula is C12H18N5O7PS. The van der Waals surface area contributed by atoms with Crippen molar-refractivity contribution in [2.24, 2.45) is 0 Å². The van der Waals surface area contributed by atoms with Crippen molar-refractivity contribution in [2.45, 2.75) is 36.6 Å². The van der Waals surface area contributed by atoms with Crippen molar-refractivity contribution in [1.29, 1.82) is 0 Å². The minimum Gasteiger partial charge on any atom is -0.387 e. The number of hydrogen-bond acceptors (Lipinski definition) is 10. The van der Waals surface area contributed by atoms with Crippen LogP contribution in [-0.2, 0) is 13.8 Å². The van der Waals surface area contributed by atoms with Crippen LogP contribution in [0.1, 0.15) is 13.2 Å². The molecule has 3 heterocycles. The van der Waals surface area contributed by atoms with E-state index < -0.39 is 39.0 Å². The Bertz CT molecular complexity index is 845. The van der Waals surface area contributed by atoms with Crippen LogP contribution in [0.15, 0.2) is 11.5 Å². The Morgan fingerprint density at radius 2 is 2.12 bits per heavy atom. The number of anilines is 1. The molecule has 0 spiro atoms. The van der Waals surface area contributed by atoms with Crippen LogP contribution in [0.4, 0.5) is 5.82 Å². The number of nitrogen functional groups attached to an aromatic ring is 1. The number of phosphoric ester groups is 1. The van der Waals surface area contributed by atoms with E-state index in [4.69, 9.17) is 20.3 Å². The first kappa shape index (κ1) is 19.5. The van der Waals surface area contributed by atoms with Gasteiger partial charge in [-0.1, -0.05) is 18.7 Å². The molecule has 2 aromatic heterocycles. The zero-order valence-corrected chi connectivity index (χ0v) is 15.2. The second-order valence-corrected chi connectivity index (χ2v) is 7.93. The monoisotopic (exact) mass is 407 g/mol. The van der Waals surface area contributed by atoms with E-state index in [0.717, 1.165) is 0 Å². The van der Waals surface area contributed by atoms with Crippen LogP contribution in [0.2, 0.25) is 0 Å². The van der Waals surface area contributed by atoms with Crippen LogP contribution in [0, 0.1) is 0 Å². The topological polar surface area (TPSA) is 186 Å². The largest absolute Gasteiger partial charge is 0.469 e. The molecule has 6 N–H and O–H groups in total. The molecule has 4 atom stereocenters. The van der Waals surface area contributed by atoms with Gasteiger partial charge in [0.1, 0.15) is 24.6 Å². The summed E-state index contributed by atoms with van der Waals surface area (Å²) in [5.74, 6) is 0.813. The maximum absolute atomic E-state index is 10.9. The zero-order chi connectivity index (χ0) is 19.1. The first-order valence-electron chi connectivity index (χ1n) is 7.55. The van der Waals surface area contributed by atoms with E-state index in [1.165, 1.54) is 22.7 Å². The standard InChI is InChI=1S/C12H18N5O7PS/c1-2-26-12-16-6-9(13)14-4-15-10(6)17(12)11-8(19)7(18)5(24-11)3-23-25(20,21)22/h4-5,7-8,11,18-19H,2-3H2,1H3,(H2,13,14,15)(H2,20,21,22)/t5-,7-,8-,11-/m1/s1. The molecule has 0 amide bonds. The fourth-order valence-corrected chi connectivity index (χ4v) is 3.70. The van der Waals surface area contributed by atoms with E-state index in [-0.39, 0.29) is 5.82 Å². The van der Waals surface area contributed by atoms with Gasteiger partial charge in [0.05, 0.1) is 6.61 Å². The molecule has 12 nitrogen and oxygen atoms in total. The molecule has 144 valence electrons. The van der Waals surface area contributed by atoms with E-state index in [2.05, 4.69) is 19.5 Å². The Balaban J connectivity index is 1.96. The summed E-state index contributed by atoms with van der Waals surface area (Å²) in [7, 11) is -4.74. The van der Waals surface area contributed by atoms with E-state index in [1.54, 1.807) is 0 Å². The number of ether oxygens (including phenoxy) is 1. The van der Waals surface area contributed by atoms with Crippen molar-refractivity contribution in [3.8, 4) is 0 Å². The number of rotatable bonds is 6. The summed E-state index contributed by atoms with van der Waals surface area (Å²) in [5.41, 5.74) is 6.45. The Kier molecular flexibility index (Phi) is 5.51. The van der Waals surface area contributed by atoms with Crippen LogP contribution in [0.3, 0.4) is 0 Å². The number of aliphatic hydroxyl groups is 2. The number of imidazole rings is 1. The minimum absolute atomic E-state index is 0.154. The maximum Gasteiger partial charge on any atom is 0.469 e. The van der Waals surface area contributed by atoms with Crippen molar-refractivity contribution < 1.29 is 33.8 Å². The van der Waals surface area contributed by atoms with Crippen LogP contribution in [0.5, 0.6) is 0 Å². The molecule has 0 aromatic carbocycles. The summed E-state index contributed by atoms with van der Waals surface area (Å²) in [6.45, 7) is 1.31. The molecule has 0 bridgehead atoms. The van der Waals surface area contributed by atoms with E-state index >= 15 is 0 Å². The number of nitrogens with zero attached hydrogens (tertiary/aromatic N) is 4. The van der Waals surface area contributed by atoms with Gasteiger partial charge in [-0.3, -0.25) is 9.09 Å². The van der Waals surface area contributed by atoms with Gasteiger partial charge >= 0.3 is 7.82 Å². The van der Waals surface area contributed by atoms with E-state index in [9.17, 15) is 14.8 Å². The first-order chi connectivity index (χ1) is 12.2. The fraction of sp³-hybridized carbons (Fsp3) is 0.583. The van der Waals surface area contributed by atoms with Gasteiger partial charge in [-0.2, -0.15) is 0 Å². The number of aromatic nitrogens is 4. The van der Waals surface area contributed by atoms with Crippen LogP contribution in [-0.4, -0.2) is 70.2 Å².